The summed E-state index contributed by atoms with van der Waals surface area (Å²) in [5.74, 6) is -0.0684. The van der Waals surface area contributed by atoms with Crippen LogP contribution in [-0.2, 0) is 11.3 Å². The van der Waals surface area contributed by atoms with Crippen LogP contribution in [0.2, 0.25) is 0 Å². The van der Waals surface area contributed by atoms with Gasteiger partial charge in [-0.05, 0) is 44.4 Å². The van der Waals surface area contributed by atoms with Crippen LogP contribution in [-0.4, -0.2) is 20.7 Å². The van der Waals surface area contributed by atoms with Gasteiger partial charge >= 0.3 is 0 Å². The maximum atomic E-state index is 12.8. The zero-order chi connectivity index (χ0) is 18.7. The van der Waals surface area contributed by atoms with Gasteiger partial charge in [-0.2, -0.15) is 0 Å². The zero-order valence-electron chi connectivity index (χ0n) is 14.9. The number of nitrogens with one attached hydrogen (secondary N) is 1. The van der Waals surface area contributed by atoms with Crippen LogP contribution < -0.4 is 10.9 Å². The lowest BCUT2D eigenvalue weighted by Crippen LogP contribution is -2.31. The number of hydrogen-bond acceptors (Lipinski definition) is 5. The summed E-state index contributed by atoms with van der Waals surface area (Å²) in [7, 11) is 0. The number of carbonyl (C=O) groups is 1. The second kappa shape index (κ2) is 8.05. The molecule has 2 aromatic heterocycles. The van der Waals surface area contributed by atoms with Gasteiger partial charge in [-0.1, -0.05) is 30.0 Å². The molecule has 3 rings (SSSR count). The summed E-state index contributed by atoms with van der Waals surface area (Å²) >= 11 is 2.93. The van der Waals surface area contributed by atoms with Gasteiger partial charge in [-0.15, -0.1) is 11.3 Å². The molecular weight excluding hydrogens is 366 g/mol. The first-order chi connectivity index (χ1) is 12.5. The van der Waals surface area contributed by atoms with E-state index in [0.717, 1.165) is 4.88 Å². The summed E-state index contributed by atoms with van der Waals surface area (Å²) in [6.07, 6.45) is 0. The molecule has 5 nitrogen and oxygen atoms in total. The SMILES string of the molecule is CC(C)n1c(S[C@@H](C)C(=O)NCc2cccs2)nc2ccccc2c1=O. The summed E-state index contributed by atoms with van der Waals surface area (Å²) in [5, 5.41) is 5.74. The van der Waals surface area contributed by atoms with Crippen LogP contribution >= 0.6 is 23.1 Å². The Bertz CT molecular complexity index is 965. The Kier molecular flexibility index (Phi) is 5.78. The van der Waals surface area contributed by atoms with Crippen molar-refractivity contribution in [2.45, 2.75) is 43.8 Å². The Morgan fingerprint density at radius 3 is 2.69 bits per heavy atom. The van der Waals surface area contributed by atoms with Gasteiger partial charge in [-0.25, -0.2) is 4.98 Å². The van der Waals surface area contributed by atoms with Crippen molar-refractivity contribution in [2.24, 2.45) is 0 Å². The van der Waals surface area contributed by atoms with E-state index in [2.05, 4.69) is 10.3 Å². The number of rotatable bonds is 6. The quantitative estimate of drug-likeness (QED) is 0.516. The fraction of sp³-hybridized carbons (Fsp3) is 0.316. The number of thiophene rings is 1. The Morgan fingerprint density at radius 1 is 1.23 bits per heavy atom. The van der Waals surface area contributed by atoms with E-state index < -0.39 is 0 Å². The number of benzene rings is 1. The molecule has 0 radical (unpaired) electrons. The Labute approximate surface area is 160 Å². The normalized spacial score (nSPS) is 12.5. The molecule has 0 bridgehead atoms. The monoisotopic (exact) mass is 387 g/mol. The van der Waals surface area contributed by atoms with Gasteiger partial charge in [0, 0.05) is 10.9 Å². The fourth-order valence-electron chi connectivity index (χ4n) is 2.61. The summed E-state index contributed by atoms with van der Waals surface area (Å²) in [6.45, 7) is 6.25. The molecule has 1 atom stereocenters. The number of fused-ring (bicyclic) bond motifs is 1. The second-order valence-corrected chi connectivity index (χ2v) is 8.58. The van der Waals surface area contributed by atoms with E-state index in [0.29, 0.717) is 22.6 Å². The second-order valence-electron chi connectivity index (χ2n) is 6.24. The van der Waals surface area contributed by atoms with Gasteiger partial charge in [0.2, 0.25) is 5.91 Å². The third-order valence-corrected chi connectivity index (χ3v) is 5.90. The molecule has 3 aromatic rings. The lowest BCUT2D eigenvalue weighted by atomic mass is 10.2. The smallest absolute Gasteiger partial charge is 0.262 e. The highest BCUT2D eigenvalue weighted by Gasteiger charge is 2.20. The van der Waals surface area contributed by atoms with E-state index in [1.54, 1.807) is 22.0 Å². The molecule has 1 amide bonds. The number of amides is 1. The minimum Gasteiger partial charge on any atom is -0.350 e. The van der Waals surface area contributed by atoms with E-state index in [4.69, 9.17) is 0 Å². The fourth-order valence-corrected chi connectivity index (χ4v) is 4.32. The molecule has 2 heterocycles. The van der Waals surface area contributed by atoms with E-state index in [1.165, 1.54) is 11.8 Å². The van der Waals surface area contributed by atoms with E-state index in [-0.39, 0.29) is 22.8 Å². The third-order valence-electron chi connectivity index (χ3n) is 3.96. The summed E-state index contributed by atoms with van der Waals surface area (Å²) in [6, 6.07) is 11.2. The first-order valence-corrected chi connectivity index (χ1v) is 10.2. The van der Waals surface area contributed by atoms with E-state index in [1.807, 2.05) is 56.5 Å². The average molecular weight is 388 g/mol. The predicted molar refractivity (Wildman–Crippen MR) is 108 cm³/mol. The molecule has 0 saturated heterocycles. The molecule has 0 spiro atoms. The molecular formula is C19H21N3O2S2. The van der Waals surface area contributed by atoms with Gasteiger partial charge in [0.05, 0.1) is 22.7 Å². The number of nitrogens with zero attached hydrogens (tertiary/aromatic N) is 2. The van der Waals surface area contributed by atoms with Crippen molar-refractivity contribution in [2.75, 3.05) is 0 Å². The van der Waals surface area contributed by atoms with Gasteiger partial charge in [0.25, 0.3) is 5.56 Å². The van der Waals surface area contributed by atoms with Crippen molar-refractivity contribution >= 4 is 39.9 Å². The van der Waals surface area contributed by atoms with Crippen LogP contribution in [0.3, 0.4) is 0 Å². The van der Waals surface area contributed by atoms with Crippen molar-refractivity contribution in [3.63, 3.8) is 0 Å². The lowest BCUT2D eigenvalue weighted by Gasteiger charge is -2.18. The molecule has 1 aromatic carbocycles. The van der Waals surface area contributed by atoms with Crippen LogP contribution in [0.25, 0.3) is 10.9 Å². The Hall–Kier alpha value is -2.12. The minimum atomic E-state index is -0.354. The molecule has 0 saturated carbocycles. The van der Waals surface area contributed by atoms with Crippen LogP contribution in [0.1, 0.15) is 31.7 Å². The molecule has 0 aliphatic carbocycles. The van der Waals surface area contributed by atoms with Crippen molar-refractivity contribution in [1.82, 2.24) is 14.9 Å². The van der Waals surface area contributed by atoms with Gasteiger partial charge < -0.3 is 5.32 Å². The Balaban J connectivity index is 1.83. The molecule has 7 heteroatoms. The number of carbonyl (C=O) groups excluding carboxylic acids is 1. The van der Waals surface area contributed by atoms with E-state index >= 15 is 0 Å². The number of aromatic nitrogens is 2. The minimum absolute atomic E-state index is 0.0384. The van der Waals surface area contributed by atoms with E-state index in [9.17, 15) is 9.59 Å². The summed E-state index contributed by atoms with van der Waals surface area (Å²) in [4.78, 5) is 31.0. The summed E-state index contributed by atoms with van der Waals surface area (Å²) < 4.78 is 1.66. The molecule has 0 unspecified atom stereocenters. The van der Waals surface area contributed by atoms with Crippen LogP contribution in [0.4, 0.5) is 0 Å². The van der Waals surface area contributed by atoms with Crippen LogP contribution in [0.15, 0.2) is 51.7 Å². The lowest BCUT2D eigenvalue weighted by molar-refractivity contribution is -0.120. The van der Waals surface area contributed by atoms with Gasteiger partial charge in [0.1, 0.15) is 0 Å². The van der Waals surface area contributed by atoms with Gasteiger partial charge in [-0.3, -0.25) is 14.2 Å². The average Bonchev–Trinajstić information content (AvgIpc) is 3.13. The first-order valence-electron chi connectivity index (χ1n) is 8.45. The van der Waals surface area contributed by atoms with Crippen molar-refractivity contribution in [1.29, 1.82) is 0 Å². The summed E-state index contributed by atoms with van der Waals surface area (Å²) in [5.41, 5.74) is 0.586. The molecule has 0 aliphatic rings. The topological polar surface area (TPSA) is 64.0 Å². The highest BCUT2D eigenvalue weighted by Crippen LogP contribution is 2.25. The van der Waals surface area contributed by atoms with Crippen molar-refractivity contribution in [3.8, 4) is 0 Å². The molecule has 0 fully saturated rings. The van der Waals surface area contributed by atoms with Crippen molar-refractivity contribution in [3.05, 3.63) is 57.0 Å². The highest BCUT2D eigenvalue weighted by molar-refractivity contribution is 8.00. The van der Waals surface area contributed by atoms with Crippen LogP contribution in [0, 0.1) is 0 Å². The predicted octanol–water partition coefficient (Wildman–Crippen LogP) is 3.84. The third kappa shape index (κ3) is 3.99. The zero-order valence-corrected chi connectivity index (χ0v) is 16.6. The molecule has 1 N–H and O–H groups in total. The van der Waals surface area contributed by atoms with Crippen LogP contribution in [0.5, 0.6) is 0 Å². The number of para-hydroxylation sites is 1. The number of hydrogen-bond donors (Lipinski definition) is 1. The molecule has 26 heavy (non-hydrogen) atoms. The molecule has 0 aliphatic heterocycles. The maximum Gasteiger partial charge on any atom is 0.262 e. The largest absolute Gasteiger partial charge is 0.350 e. The number of thioether (sulfide) groups is 1. The molecule has 136 valence electrons. The Morgan fingerprint density at radius 2 is 2.00 bits per heavy atom. The standard InChI is InChI=1S/C19H21N3O2S2/c1-12(2)22-18(24)15-8-4-5-9-16(15)21-19(22)26-13(3)17(23)20-11-14-7-6-10-25-14/h4-10,12-13H,11H2,1-3H3,(H,20,23)/t13-/m0/s1. The highest BCUT2D eigenvalue weighted by atomic mass is 32.2. The maximum absolute atomic E-state index is 12.8. The van der Waals surface area contributed by atoms with Gasteiger partial charge in [0.15, 0.2) is 5.16 Å². The first kappa shape index (κ1) is 18.7. The van der Waals surface area contributed by atoms with Crippen molar-refractivity contribution < 1.29 is 4.79 Å².